The maximum atomic E-state index is 12.9. The molecule has 0 aromatic heterocycles. The summed E-state index contributed by atoms with van der Waals surface area (Å²) in [5, 5.41) is 2.70. The molecule has 2 heterocycles. The predicted molar refractivity (Wildman–Crippen MR) is 197 cm³/mol. The Bertz CT molecular complexity index is 1740. The number of esters is 1. The minimum atomic E-state index is -1.01. The number of benzene rings is 4. The Morgan fingerprint density at radius 3 is 1.66 bits per heavy atom. The van der Waals surface area contributed by atoms with Crippen LogP contribution in [0.1, 0.15) is 36.1 Å². The van der Waals surface area contributed by atoms with Crippen molar-refractivity contribution in [2.24, 2.45) is 5.92 Å². The molecule has 10 heteroatoms. The number of carbonyl (C=O) groups excluding carboxylic acids is 2. The van der Waals surface area contributed by atoms with Crippen LogP contribution in [0.25, 0.3) is 0 Å². The molecular weight excluding hydrogens is 674 g/mol. The SMILES string of the molecule is CCOC(=O)/C=C1\NC(=O)[C@@H]1[C@@H](C)O[C@@H]1O[C@H](COCc2ccccc2)[C@@H](OCc2ccccc2)[C@H](OCc2ccccc2)[C@H]1OCc1ccccc1. The first kappa shape index (κ1) is 38.1. The van der Waals surface area contributed by atoms with Crippen LogP contribution in [0.4, 0.5) is 0 Å². The second-order valence-corrected chi connectivity index (χ2v) is 13.0. The van der Waals surface area contributed by atoms with E-state index in [-0.39, 0.29) is 32.3 Å². The number of amides is 1. The molecule has 1 amide bonds. The van der Waals surface area contributed by atoms with Crippen LogP contribution in [0.5, 0.6) is 0 Å². The van der Waals surface area contributed by atoms with Gasteiger partial charge < -0.3 is 38.5 Å². The molecule has 7 atom stereocenters. The number of β-lactam (4-membered cyclic amide) rings is 1. The zero-order chi connectivity index (χ0) is 36.8. The summed E-state index contributed by atoms with van der Waals surface area (Å²) < 4.78 is 44.9. The van der Waals surface area contributed by atoms with Crippen molar-refractivity contribution in [3.05, 3.63) is 155 Å². The van der Waals surface area contributed by atoms with Gasteiger partial charge in [-0.15, -0.1) is 0 Å². The number of hydrogen-bond acceptors (Lipinski definition) is 9. The van der Waals surface area contributed by atoms with Gasteiger partial charge in [0.25, 0.3) is 0 Å². The molecule has 2 aliphatic rings. The molecule has 0 saturated carbocycles. The summed E-state index contributed by atoms with van der Waals surface area (Å²) in [5.41, 5.74) is 4.36. The van der Waals surface area contributed by atoms with Crippen LogP contribution in [-0.2, 0) is 69.2 Å². The third kappa shape index (κ3) is 10.7. The topological polar surface area (TPSA) is 111 Å². The highest BCUT2D eigenvalue weighted by Gasteiger charge is 2.51. The molecule has 2 fully saturated rings. The van der Waals surface area contributed by atoms with Crippen LogP contribution < -0.4 is 5.32 Å². The van der Waals surface area contributed by atoms with Gasteiger partial charge in [-0.25, -0.2) is 4.79 Å². The van der Waals surface area contributed by atoms with Crippen LogP contribution in [0.3, 0.4) is 0 Å². The van der Waals surface area contributed by atoms with Gasteiger partial charge in [-0.1, -0.05) is 121 Å². The van der Waals surface area contributed by atoms with Crippen LogP contribution >= 0.6 is 0 Å². The lowest BCUT2D eigenvalue weighted by atomic mass is 9.90. The van der Waals surface area contributed by atoms with Crippen molar-refractivity contribution in [2.45, 2.75) is 77.1 Å². The van der Waals surface area contributed by atoms with Crippen molar-refractivity contribution >= 4 is 11.9 Å². The van der Waals surface area contributed by atoms with Gasteiger partial charge in [-0.2, -0.15) is 0 Å². The molecule has 0 bridgehead atoms. The van der Waals surface area contributed by atoms with E-state index in [9.17, 15) is 9.59 Å². The van der Waals surface area contributed by atoms with Crippen molar-refractivity contribution in [1.29, 1.82) is 0 Å². The molecule has 278 valence electrons. The van der Waals surface area contributed by atoms with Gasteiger partial charge in [-0.05, 0) is 36.1 Å². The van der Waals surface area contributed by atoms with E-state index in [1.165, 1.54) is 6.08 Å². The molecule has 2 saturated heterocycles. The lowest BCUT2D eigenvalue weighted by molar-refractivity contribution is -0.337. The van der Waals surface area contributed by atoms with E-state index < -0.39 is 48.7 Å². The van der Waals surface area contributed by atoms with Gasteiger partial charge in [0.15, 0.2) is 6.29 Å². The van der Waals surface area contributed by atoms with Crippen LogP contribution in [0.15, 0.2) is 133 Å². The second kappa shape index (κ2) is 19.4. The Morgan fingerprint density at radius 2 is 1.17 bits per heavy atom. The smallest absolute Gasteiger partial charge is 0.332 e. The molecule has 0 radical (unpaired) electrons. The quantitative estimate of drug-likeness (QED) is 0.0721. The summed E-state index contributed by atoms with van der Waals surface area (Å²) in [7, 11) is 0. The van der Waals surface area contributed by atoms with Crippen molar-refractivity contribution in [3.8, 4) is 0 Å². The average molecular weight is 722 g/mol. The summed E-state index contributed by atoms with van der Waals surface area (Å²) in [6, 6.07) is 39.5. The van der Waals surface area contributed by atoms with Crippen molar-refractivity contribution < 1.29 is 42.7 Å². The molecule has 1 N–H and O–H groups in total. The van der Waals surface area contributed by atoms with Crippen molar-refractivity contribution in [1.82, 2.24) is 5.32 Å². The van der Waals surface area contributed by atoms with E-state index in [0.717, 1.165) is 22.3 Å². The minimum Gasteiger partial charge on any atom is -0.463 e. The zero-order valence-corrected chi connectivity index (χ0v) is 30.1. The molecule has 10 nitrogen and oxygen atoms in total. The summed E-state index contributed by atoms with van der Waals surface area (Å²) in [6.45, 7) is 5.06. The fourth-order valence-electron chi connectivity index (χ4n) is 6.41. The lowest BCUT2D eigenvalue weighted by Crippen LogP contribution is -2.63. The van der Waals surface area contributed by atoms with E-state index in [4.69, 9.17) is 33.2 Å². The zero-order valence-electron chi connectivity index (χ0n) is 30.1. The maximum Gasteiger partial charge on any atom is 0.332 e. The Hall–Kier alpha value is -4.68. The number of nitrogens with one attached hydrogen (secondary N) is 1. The first-order chi connectivity index (χ1) is 26.0. The van der Waals surface area contributed by atoms with E-state index in [0.29, 0.717) is 18.9 Å². The van der Waals surface area contributed by atoms with Gasteiger partial charge in [0.05, 0.1) is 45.7 Å². The molecule has 4 aromatic rings. The normalized spacial score (nSPS) is 23.9. The van der Waals surface area contributed by atoms with Gasteiger partial charge >= 0.3 is 5.97 Å². The highest BCUT2D eigenvalue weighted by Crippen LogP contribution is 2.34. The first-order valence-corrected chi connectivity index (χ1v) is 18.1. The predicted octanol–water partition coefficient (Wildman–Crippen LogP) is 6.28. The molecule has 2 aliphatic heterocycles. The highest BCUT2D eigenvalue weighted by atomic mass is 16.7. The van der Waals surface area contributed by atoms with E-state index in [2.05, 4.69) is 5.32 Å². The van der Waals surface area contributed by atoms with Crippen molar-refractivity contribution in [3.63, 3.8) is 0 Å². The monoisotopic (exact) mass is 721 g/mol. The first-order valence-electron chi connectivity index (χ1n) is 18.1. The maximum absolute atomic E-state index is 12.9. The summed E-state index contributed by atoms with van der Waals surface area (Å²) in [6.07, 6.45) is -3.20. The van der Waals surface area contributed by atoms with Crippen molar-refractivity contribution in [2.75, 3.05) is 13.2 Å². The Kier molecular flexibility index (Phi) is 13.9. The molecular formula is C43H47NO9. The van der Waals surface area contributed by atoms with Crippen LogP contribution in [-0.4, -0.2) is 61.9 Å². The van der Waals surface area contributed by atoms with Crippen LogP contribution in [0, 0.1) is 5.92 Å². The molecule has 0 spiro atoms. The Balaban J connectivity index is 1.32. The second-order valence-electron chi connectivity index (χ2n) is 13.0. The number of ether oxygens (including phenoxy) is 7. The molecule has 6 rings (SSSR count). The molecule has 53 heavy (non-hydrogen) atoms. The Labute approximate surface area is 311 Å². The molecule has 0 unspecified atom stereocenters. The average Bonchev–Trinajstić information content (AvgIpc) is 3.17. The summed E-state index contributed by atoms with van der Waals surface area (Å²) >= 11 is 0. The Morgan fingerprint density at radius 1 is 0.698 bits per heavy atom. The van der Waals surface area contributed by atoms with Gasteiger partial charge in [0, 0.05) is 11.8 Å². The fourth-order valence-corrected chi connectivity index (χ4v) is 6.41. The minimum absolute atomic E-state index is 0.164. The lowest BCUT2D eigenvalue weighted by Gasteiger charge is -2.47. The summed E-state index contributed by atoms with van der Waals surface area (Å²) in [5.74, 6) is -1.54. The summed E-state index contributed by atoms with van der Waals surface area (Å²) in [4.78, 5) is 25.2. The number of hydrogen-bond donors (Lipinski definition) is 1. The van der Waals surface area contributed by atoms with E-state index in [1.54, 1.807) is 13.8 Å². The van der Waals surface area contributed by atoms with E-state index >= 15 is 0 Å². The standard InChI is InChI=1S/C43H47NO9/c1-3-48-37(45)24-35-38(42(46)44-35)30(2)52-43-41(51-28-34-22-14-7-15-23-34)40(50-27-33-20-12-6-13-21-33)39(49-26-32-18-10-5-11-19-32)36(53-43)29-47-25-31-16-8-4-9-17-31/h4-24,30,36,38-41,43H,3,25-29H2,1-2H3,(H,44,46)/b35-24-/t30-,36-,38-,39-,40+,41-,43-/m1/s1. The highest BCUT2D eigenvalue weighted by molar-refractivity contribution is 5.95. The largest absolute Gasteiger partial charge is 0.463 e. The van der Waals surface area contributed by atoms with Crippen LogP contribution in [0.2, 0.25) is 0 Å². The molecule has 4 aromatic carbocycles. The number of rotatable bonds is 18. The molecule has 0 aliphatic carbocycles. The third-order valence-electron chi connectivity index (χ3n) is 9.10. The third-order valence-corrected chi connectivity index (χ3v) is 9.10. The van der Waals surface area contributed by atoms with Gasteiger partial charge in [-0.3, -0.25) is 4.79 Å². The number of carbonyl (C=O) groups is 2. The van der Waals surface area contributed by atoms with Gasteiger partial charge in [0.2, 0.25) is 5.91 Å². The fraction of sp³-hybridized carbons (Fsp3) is 0.349. The van der Waals surface area contributed by atoms with Gasteiger partial charge in [0.1, 0.15) is 30.3 Å². The van der Waals surface area contributed by atoms with E-state index in [1.807, 2.05) is 121 Å².